The summed E-state index contributed by atoms with van der Waals surface area (Å²) in [4.78, 5) is 12.3. The zero-order valence-electron chi connectivity index (χ0n) is 10.1. The summed E-state index contributed by atoms with van der Waals surface area (Å²) >= 11 is 0. The first-order valence-corrected chi connectivity index (χ1v) is 8.31. The molecule has 1 aliphatic rings. The van der Waals surface area contributed by atoms with Gasteiger partial charge < -0.3 is 4.74 Å². The molecule has 0 amide bonds. The normalized spacial score (nSPS) is 16.2. The Kier molecular flexibility index (Phi) is 2.98. The van der Waals surface area contributed by atoms with E-state index < -0.39 is 10.0 Å². The van der Waals surface area contributed by atoms with Crippen LogP contribution in [0.3, 0.4) is 0 Å². The number of ether oxygens (including phenoxy) is 1. The maximum Gasteiger partial charge on any atom is 0.151 e. The zero-order valence-corrected chi connectivity index (χ0v) is 10.9. The van der Waals surface area contributed by atoms with Gasteiger partial charge in [0.2, 0.25) is 0 Å². The molecule has 0 saturated heterocycles. The minimum Gasteiger partial charge on any atom is -0.493 e. The predicted octanol–water partition coefficient (Wildman–Crippen LogP) is 2.88. The molecule has 1 aromatic carbocycles. The van der Waals surface area contributed by atoms with Crippen molar-refractivity contribution in [2.75, 3.05) is 25.4 Å². The second-order valence-electron chi connectivity index (χ2n) is 4.90. The van der Waals surface area contributed by atoms with Crippen LogP contribution in [0, 0.1) is 0 Å². The highest BCUT2D eigenvalue weighted by Crippen LogP contribution is 2.49. The predicted molar refractivity (Wildman–Crippen MR) is 69.3 cm³/mol. The zero-order chi connectivity index (χ0) is 11.8. The van der Waals surface area contributed by atoms with Crippen molar-refractivity contribution in [3.05, 3.63) is 23.3 Å². The molecule has 0 aliphatic carbocycles. The SMILES string of the molecule is CS(C)(C)c1cc2c(cc1C=O)CCCO2. The number of hydrogen-bond acceptors (Lipinski definition) is 2. The van der Waals surface area contributed by atoms with E-state index in [1.165, 1.54) is 5.56 Å². The number of fused-ring (bicyclic) bond motifs is 1. The van der Waals surface area contributed by atoms with Gasteiger partial charge in [0.25, 0.3) is 0 Å². The summed E-state index contributed by atoms with van der Waals surface area (Å²) in [6.45, 7) is 0.798. The van der Waals surface area contributed by atoms with Crippen molar-refractivity contribution >= 4 is 16.3 Å². The van der Waals surface area contributed by atoms with Crippen LogP contribution in [0.25, 0.3) is 0 Å². The van der Waals surface area contributed by atoms with Gasteiger partial charge in [0, 0.05) is 10.5 Å². The summed E-state index contributed by atoms with van der Waals surface area (Å²) in [5.74, 6) is 0.981. The number of carbonyl (C=O) groups is 1. The maximum absolute atomic E-state index is 11.1. The fourth-order valence-electron chi connectivity index (χ4n) is 2.02. The molecular formula is C13H18O2S. The molecule has 0 spiro atoms. The monoisotopic (exact) mass is 238 g/mol. The van der Waals surface area contributed by atoms with Crippen molar-refractivity contribution in [2.45, 2.75) is 17.7 Å². The fourth-order valence-corrected chi connectivity index (χ4v) is 3.30. The Balaban J connectivity index is 2.56. The first-order valence-electron chi connectivity index (χ1n) is 5.45. The summed E-state index contributed by atoms with van der Waals surface area (Å²) in [6, 6.07) is 4.09. The first-order chi connectivity index (χ1) is 7.52. The van der Waals surface area contributed by atoms with Crippen LogP contribution in [0.5, 0.6) is 5.75 Å². The van der Waals surface area contributed by atoms with Crippen LogP contribution in [0.1, 0.15) is 22.3 Å². The molecular weight excluding hydrogens is 220 g/mol. The minimum atomic E-state index is -0.890. The second kappa shape index (κ2) is 4.13. The standard InChI is InChI=1S/C13H18O2S/c1-16(2,3)13-8-12-10(5-4-6-15-12)7-11(13)9-14/h7-9H,4-6H2,1-3H3. The molecule has 2 nitrogen and oxygen atoms in total. The van der Waals surface area contributed by atoms with Gasteiger partial charge in [-0.1, -0.05) is 0 Å². The lowest BCUT2D eigenvalue weighted by Gasteiger charge is -2.29. The van der Waals surface area contributed by atoms with E-state index >= 15 is 0 Å². The van der Waals surface area contributed by atoms with E-state index in [2.05, 4.69) is 24.8 Å². The van der Waals surface area contributed by atoms with Crippen LogP contribution in [-0.2, 0) is 6.42 Å². The number of aryl methyl sites for hydroxylation is 1. The van der Waals surface area contributed by atoms with Crippen molar-refractivity contribution in [1.29, 1.82) is 0 Å². The molecule has 16 heavy (non-hydrogen) atoms. The maximum atomic E-state index is 11.1. The Morgan fingerprint density at radius 1 is 1.31 bits per heavy atom. The van der Waals surface area contributed by atoms with Gasteiger partial charge in [-0.2, -0.15) is 0 Å². The van der Waals surface area contributed by atoms with Crippen molar-refractivity contribution in [2.24, 2.45) is 0 Å². The topological polar surface area (TPSA) is 26.3 Å². The lowest BCUT2D eigenvalue weighted by atomic mass is 10.0. The van der Waals surface area contributed by atoms with Crippen LogP contribution in [0.2, 0.25) is 0 Å². The summed E-state index contributed by atoms with van der Waals surface area (Å²) in [5.41, 5.74) is 2.02. The number of benzene rings is 1. The first kappa shape index (κ1) is 11.5. The van der Waals surface area contributed by atoms with Crippen molar-refractivity contribution in [1.82, 2.24) is 0 Å². The highest BCUT2D eigenvalue weighted by molar-refractivity contribution is 8.32. The van der Waals surface area contributed by atoms with Gasteiger partial charge in [-0.15, -0.1) is 0 Å². The molecule has 2 rings (SSSR count). The number of rotatable bonds is 2. The van der Waals surface area contributed by atoms with E-state index in [0.29, 0.717) is 0 Å². The molecule has 0 unspecified atom stereocenters. The van der Waals surface area contributed by atoms with E-state index in [1.807, 2.05) is 6.07 Å². The molecule has 3 heteroatoms. The van der Waals surface area contributed by atoms with E-state index in [9.17, 15) is 4.79 Å². The molecule has 0 radical (unpaired) electrons. The number of hydrogen-bond donors (Lipinski definition) is 0. The third-order valence-corrected chi connectivity index (χ3v) is 4.50. The minimum absolute atomic E-state index is 0.798. The van der Waals surface area contributed by atoms with Gasteiger partial charge in [0.15, 0.2) is 6.29 Å². The van der Waals surface area contributed by atoms with Gasteiger partial charge in [-0.3, -0.25) is 4.79 Å². The van der Waals surface area contributed by atoms with Crippen molar-refractivity contribution in [3.8, 4) is 5.75 Å². The van der Waals surface area contributed by atoms with E-state index in [4.69, 9.17) is 4.74 Å². The molecule has 0 N–H and O–H groups in total. The molecule has 1 aromatic rings. The van der Waals surface area contributed by atoms with E-state index in [0.717, 1.165) is 41.9 Å². The highest BCUT2D eigenvalue weighted by Gasteiger charge is 2.19. The summed E-state index contributed by atoms with van der Waals surface area (Å²) in [5, 5.41) is 0. The molecule has 0 bridgehead atoms. The largest absolute Gasteiger partial charge is 0.493 e. The van der Waals surface area contributed by atoms with E-state index in [-0.39, 0.29) is 0 Å². The molecule has 0 atom stereocenters. The second-order valence-corrected chi connectivity index (χ2v) is 9.02. The number of aldehydes is 1. The van der Waals surface area contributed by atoms with E-state index in [1.54, 1.807) is 0 Å². The Bertz CT molecular complexity index is 419. The van der Waals surface area contributed by atoms with Crippen LogP contribution in [-0.4, -0.2) is 31.7 Å². The van der Waals surface area contributed by atoms with Gasteiger partial charge >= 0.3 is 0 Å². The van der Waals surface area contributed by atoms with Crippen molar-refractivity contribution in [3.63, 3.8) is 0 Å². The summed E-state index contributed by atoms with van der Waals surface area (Å²) in [7, 11) is -0.890. The Morgan fingerprint density at radius 3 is 2.69 bits per heavy atom. The quantitative estimate of drug-likeness (QED) is 0.741. The average Bonchev–Trinajstić information content (AvgIpc) is 2.26. The van der Waals surface area contributed by atoms with Crippen molar-refractivity contribution < 1.29 is 9.53 Å². The molecule has 88 valence electrons. The van der Waals surface area contributed by atoms with Gasteiger partial charge in [-0.05, 0) is 49.3 Å². The molecule has 0 aromatic heterocycles. The number of carbonyl (C=O) groups excluding carboxylic acids is 1. The molecule has 0 saturated carbocycles. The smallest absolute Gasteiger partial charge is 0.151 e. The average molecular weight is 238 g/mol. The van der Waals surface area contributed by atoms with Crippen LogP contribution in [0.4, 0.5) is 0 Å². The Hall–Kier alpha value is -0.960. The lowest BCUT2D eigenvalue weighted by molar-refractivity contribution is 0.112. The Morgan fingerprint density at radius 2 is 2.06 bits per heavy atom. The van der Waals surface area contributed by atoms with Gasteiger partial charge in [0.05, 0.1) is 6.61 Å². The van der Waals surface area contributed by atoms with Crippen LogP contribution in [0.15, 0.2) is 17.0 Å². The van der Waals surface area contributed by atoms with Gasteiger partial charge in [0.1, 0.15) is 5.75 Å². The summed E-state index contributed by atoms with van der Waals surface area (Å²) < 4.78 is 5.66. The van der Waals surface area contributed by atoms with Crippen LogP contribution >= 0.6 is 10.0 Å². The Labute approximate surface area is 98.3 Å². The highest BCUT2D eigenvalue weighted by atomic mass is 32.3. The fraction of sp³-hybridized carbons (Fsp3) is 0.462. The van der Waals surface area contributed by atoms with Crippen LogP contribution < -0.4 is 4.74 Å². The molecule has 0 fully saturated rings. The summed E-state index contributed by atoms with van der Waals surface area (Å²) in [6.07, 6.45) is 9.64. The molecule has 1 aliphatic heterocycles. The lowest BCUT2D eigenvalue weighted by Crippen LogP contribution is -2.10. The van der Waals surface area contributed by atoms with Gasteiger partial charge in [-0.25, -0.2) is 10.0 Å². The third kappa shape index (κ3) is 2.09. The third-order valence-electron chi connectivity index (χ3n) is 2.83. The molecule has 1 heterocycles.